The average molecular weight is 492 g/mol. The summed E-state index contributed by atoms with van der Waals surface area (Å²) in [6, 6.07) is 13.9. The molecule has 1 unspecified atom stereocenters. The largest absolute Gasteiger partial charge is 0.756 e. The van der Waals surface area contributed by atoms with Crippen LogP contribution in [0.5, 0.6) is 0 Å². The SMILES string of the molecule is C[N+](C)(C)CCOP(=O)([O-])OC[C@H](NC(=O)OCC1c2ccccc2-c2ccccc21)C(=O)O. The summed E-state index contributed by atoms with van der Waals surface area (Å²) in [4.78, 5) is 35.7. The molecule has 184 valence electrons. The number of carboxylic acids is 1. The summed E-state index contributed by atoms with van der Waals surface area (Å²) in [5, 5.41) is 11.5. The minimum absolute atomic E-state index is 0.0126. The third-order valence-corrected chi connectivity index (χ3v) is 6.31. The molecule has 0 aliphatic heterocycles. The van der Waals surface area contributed by atoms with Gasteiger partial charge in [0.15, 0.2) is 6.04 Å². The fraction of sp³-hybridized carbons (Fsp3) is 0.391. The maximum absolute atomic E-state index is 12.3. The van der Waals surface area contributed by atoms with E-state index < -0.39 is 32.5 Å². The lowest BCUT2D eigenvalue weighted by molar-refractivity contribution is -0.870. The standard InChI is InChI=1S/C23H29N2O8P/c1-25(2,3)12-13-32-34(29,30)33-15-21(22(26)27)24-23(28)31-14-20-18-10-6-4-8-16(18)17-9-5-7-11-19(17)20/h4-11,20-21H,12-15H2,1-3H3,(H2-,24,26,27,28,29,30)/t21-/m0/s1. The van der Waals surface area contributed by atoms with E-state index in [4.69, 9.17) is 9.26 Å². The van der Waals surface area contributed by atoms with Crippen LogP contribution in [-0.2, 0) is 23.1 Å². The van der Waals surface area contributed by atoms with Gasteiger partial charge in [-0.25, -0.2) is 9.59 Å². The molecule has 0 fully saturated rings. The van der Waals surface area contributed by atoms with Crippen molar-refractivity contribution in [3.63, 3.8) is 0 Å². The van der Waals surface area contributed by atoms with Gasteiger partial charge in [0.25, 0.3) is 7.82 Å². The second kappa shape index (κ2) is 10.7. The van der Waals surface area contributed by atoms with Gasteiger partial charge in [-0.2, -0.15) is 0 Å². The number of carboxylic acid groups (broad SMARTS) is 1. The highest BCUT2D eigenvalue weighted by Crippen LogP contribution is 2.44. The van der Waals surface area contributed by atoms with Crippen LogP contribution < -0.4 is 10.2 Å². The summed E-state index contributed by atoms with van der Waals surface area (Å²) in [5.41, 5.74) is 4.13. The average Bonchev–Trinajstić information content (AvgIpc) is 3.08. The van der Waals surface area contributed by atoms with Gasteiger partial charge in [0, 0.05) is 5.92 Å². The molecule has 2 aromatic rings. The second-order valence-electron chi connectivity index (χ2n) is 8.95. The van der Waals surface area contributed by atoms with Crippen molar-refractivity contribution in [2.45, 2.75) is 12.0 Å². The number of benzene rings is 2. The number of ether oxygens (including phenoxy) is 1. The van der Waals surface area contributed by atoms with E-state index in [1.54, 1.807) is 0 Å². The number of hydrogen-bond donors (Lipinski definition) is 2. The Balaban J connectivity index is 1.55. The molecule has 34 heavy (non-hydrogen) atoms. The molecule has 1 aliphatic carbocycles. The van der Waals surface area contributed by atoms with Crippen LogP contribution in [0, 0.1) is 0 Å². The Morgan fingerprint density at radius 2 is 1.62 bits per heavy atom. The first-order valence-electron chi connectivity index (χ1n) is 10.7. The van der Waals surface area contributed by atoms with Gasteiger partial charge in [-0.05, 0) is 22.3 Å². The normalized spacial score (nSPS) is 15.6. The predicted molar refractivity (Wildman–Crippen MR) is 122 cm³/mol. The molecule has 10 nitrogen and oxygen atoms in total. The Labute approximate surface area is 198 Å². The van der Waals surface area contributed by atoms with E-state index in [2.05, 4.69) is 9.84 Å². The number of amides is 1. The van der Waals surface area contributed by atoms with Gasteiger partial charge in [-0.3, -0.25) is 4.57 Å². The van der Waals surface area contributed by atoms with E-state index in [0.29, 0.717) is 11.0 Å². The number of nitrogens with one attached hydrogen (secondary N) is 1. The topological polar surface area (TPSA) is 134 Å². The van der Waals surface area contributed by atoms with Crippen LogP contribution in [0.25, 0.3) is 11.1 Å². The highest BCUT2D eigenvalue weighted by molar-refractivity contribution is 7.45. The zero-order chi connectivity index (χ0) is 24.9. The quantitative estimate of drug-likeness (QED) is 0.360. The Bertz CT molecular complexity index is 1040. The number of phosphoric ester groups is 1. The summed E-state index contributed by atoms with van der Waals surface area (Å²) in [7, 11) is 0.843. The number of nitrogens with zero attached hydrogens (tertiary/aromatic N) is 1. The fourth-order valence-electron chi connectivity index (χ4n) is 3.59. The van der Waals surface area contributed by atoms with Gasteiger partial charge < -0.3 is 33.6 Å². The van der Waals surface area contributed by atoms with Crippen molar-refractivity contribution in [1.29, 1.82) is 0 Å². The first-order chi connectivity index (χ1) is 16.0. The molecule has 0 radical (unpaired) electrons. The molecule has 11 heteroatoms. The lowest BCUT2D eigenvalue weighted by Crippen LogP contribution is -2.44. The van der Waals surface area contributed by atoms with Crippen LogP contribution >= 0.6 is 7.82 Å². The van der Waals surface area contributed by atoms with Crippen LogP contribution in [0.4, 0.5) is 4.79 Å². The van der Waals surface area contributed by atoms with Gasteiger partial charge in [-0.15, -0.1) is 0 Å². The van der Waals surface area contributed by atoms with Gasteiger partial charge in [0.2, 0.25) is 0 Å². The van der Waals surface area contributed by atoms with E-state index >= 15 is 0 Å². The molecule has 2 N–H and O–H groups in total. The number of carbonyl (C=O) groups excluding carboxylic acids is 1. The Kier molecular flexibility index (Phi) is 8.12. The lowest BCUT2D eigenvalue weighted by Gasteiger charge is -2.28. The van der Waals surface area contributed by atoms with Crippen molar-refractivity contribution in [1.82, 2.24) is 5.32 Å². The number of quaternary nitrogens is 1. The molecule has 0 aromatic heterocycles. The minimum atomic E-state index is -4.74. The van der Waals surface area contributed by atoms with Crippen LogP contribution in [0.1, 0.15) is 17.0 Å². The van der Waals surface area contributed by atoms with Crippen LogP contribution in [0.15, 0.2) is 48.5 Å². The first-order valence-corrected chi connectivity index (χ1v) is 12.2. The number of alkyl carbamates (subject to hydrolysis) is 1. The Morgan fingerprint density at radius 1 is 1.06 bits per heavy atom. The molecule has 0 bridgehead atoms. The molecular formula is C23H29N2O8P. The number of rotatable bonds is 11. The third kappa shape index (κ3) is 6.88. The van der Waals surface area contributed by atoms with Crippen molar-refractivity contribution < 1.29 is 42.4 Å². The zero-order valence-corrected chi connectivity index (χ0v) is 20.2. The number of aliphatic carboxylic acids is 1. The van der Waals surface area contributed by atoms with E-state index in [-0.39, 0.29) is 19.1 Å². The molecule has 1 amide bonds. The molecule has 1 aliphatic rings. The number of carbonyl (C=O) groups is 2. The van der Waals surface area contributed by atoms with Gasteiger partial charge in [0.1, 0.15) is 19.8 Å². The summed E-state index contributed by atoms with van der Waals surface area (Å²) in [6.45, 7) is -0.566. The molecule has 3 rings (SSSR count). The van der Waals surface area contributed by atoms with Gasteiger partial charge in [0.05, 0.1) is 27.7 Å². The van der Waals surface area contributed by atoms with Crippen LogP contribution in [0.3, 0.4) is 0 Å². The summed E-state index contributed by atoms with van der Waals surface area (Å²) in [5.74, 6) is -1.67. The smallest absolute Gasteiger partial charge is 0.407 e. The van der Waals surface area contributed by atoms with Crippen molar-refractivity contribution in [2.24, 2.45) is 0 Å². The zero-order valence-electron chi connectivity index (χ0n) is 19.3. The molecule has 0 saturated heterocycles. The van der Waals surface area contributed by atoms with E-state index in [1.165, 1.54) is 0 Å². The third-order valence-electron chi connectivity index (χ3n) is 5.34. The summed E-state index contributed by atoms with van der Waals surface area (Å²) < 4.78 is 27.1. The molecule has 0 saturated carbocycles. The molecule has 2 aromatic carbocycles. The van der Waals surface area contributed by atoms with Gasteiger partial charge in [-0.1, -0.05) is 48.5 Å². The first kappa shape index (κ1) is 25.9. The molecular weight excluding hydrogens is 463 g/mol. The second-order valence-corrected chi connectivity index (χ2v) is 10.4. The summed E-state index contributed by atoms with van der Waals surface area (Å²) >= 11 is 0. The van der Waals surface area contributed by atoms with Crippen molar-refractivity contribution >= 4 is 19.9 Å². The molecule has 0 spiro atoms. The highest BCUT2D eigenvalue weighted by atomic mass is 31.2. The van der Waals surface area contributed by atoms with Crippen molar-refractivity contribution in [3.8, 4) is 11.1 Å². The summed E-state index contributed by atoms with van der Waals surface area (Å²) in [6.07, 6.45) is -0.996. The van der Waals surface area contributed by atoms with E-state index in [1.807, 2.05) is 69.7 Å². The maximum Gasteiger partial charge on any atom is 0.407 e. The lowest BCUT2D eigenvalue weighted by atomic mass is 9.98. The minimum Gasteiger partial charge on any atom is -0.756 e. The highest BCUT2D eigenvalue weighted by Gasteiger charge is 2.30. The van der Waals surface area contributed by atoms with E-state index in [9.17, 15) is 24.2 Å². The number of fused-ring (bicyclic) bond motifs is 3. The predicted octanol–water partition coefficient (Wildman–Crippen LogP) is 2.19. The maximum atomic E-state index is 12.3. The van der Waals surface area contributed by atoms with Crippen molar-refractivity contribution in [3.05, 3.63) is 59.7 Å². The number of likely N-dealkylation sites (N-methyl/N-ethyl adjacent to an activating group) is 1. The van der Waals surface area contributed by atoms with E-state index in [0.717, 1.165) is 22.3 Å². The molecule has 2 atom stereocenters. The number of hydrogen-bond acceptors (Lipinski definition) is 7. The Morgan fingerprint density at radius 3 is 2.15 bits per heavy atom. The van der Waals surface area contributed by atoms with Gasteiger partial charge >= 0.3 is 12.1 Å². The van der Waals surface area contributed by atoms with Crippen LogP contribution in [0.2, 0.25) is 0 Å². The molecule has 0 heterocycles. The fourth-order valence-corrected chi connectivity index (χ4v) is 4.30. The number of phosphoric acid groups is 1. The Hall–Kier alpha value is -2.75. The van der Waals surface area contributed by atoms with Crippen LogP contribution in [-0.4, -0.2) is 75.2 Å². The monoisotopic (exact) mass is 492 g/mol. The van der Waals surface area contributed by atoms with Crippen molar-refractivity contribution in [2.75, 3.05) is 47.5 Å².